The quantitative estimate of drug-likeness (QED) is 0.473. The van der Waals surface area contributed by atoms with Crippen molar-refractivity contribution in [1.82, 2.24) is 4.31 Å². The molecule has 7 nitrogen and oxygen atoms in total. The molecule has 0 spiro atoms. The van der Waals surface area contributed by atoms with E-state index in [1.54, 1.807) is 24.3 Å². The Morgan fingerprint density at radius 1 is 1.03 bits per heavy atom. The lowest BCUT2D eigenvalue weighted by Crippen LogP contribution is -2.51. The van der Waals surface area contributed by atoms with Crippen molar-refractivity contribution in [3.63, 3.8) is 0 Å². The van der Waals surface area contributed by atoms with E-state index in [0.29, 0.717) is 30.9 Å². The normalized spacial score (nSPS) is 19.8. The average molecular weight is 525 g/mol. The van der Waals surface area contributed by atoms with E-state index in [9.17, 15) is 18.0 Å². The summed E-state index contributed by atoms with van der Waals surface area (Å²) in [4.78, 5) is 27.4. The number of hydrogen-bond acceptors (Lipinski definition) is 5. The summed E-state index contributed by atoms with van der Waals surface area (Å²) < 4.78 is 34.4. The van der Waals surface area contributed by atoms with Crippen LogP contribution in [0.3, 0.4) is 0 Å². The number of rotatable bonds is 7. The van der Waals surface area contributed by atoms with Crippen molar-refractivity contribution in [2.75, 3.05) is 11.5 Å². The second-order valence-electron chi connectivity index (χ2n) is 8.42. The van der Waals surface area contributed by atoms with E-state index in [4.69, 9.17) is 27.9 Å². The molecule has 1 unspecified atom stereocenters. The minimum Gasteiger partial charge on any atom is -0.494 e. The molecule has 4 rings (SSSR count). The number of carbonyl (C=O) groups excluding carboxylic acids is 2. The van der Waals surface area contributed by atoms with Crippen molar-refractivity contribution >= 4 is 50.7 Å². The molecular formula is C24H26Cl2N2O5S. The number of anilines is 1. The highest BCUT2D eigenvalue weighted by atomic mass is 35.5. The SMILES string of the molecule is CCOc1ccc(N2C(=O)CC(N(C3CCCCC3)S(=O)(=O)c3cc(Cl)ccc3Cl)C2=O)cc1. The van der Waals surface area contributed by atoms with Gasteiger partial charge in [0.15, 0.2) is 0 Å². The van der Waals surface area contributed by atoms with Gasteiger partial charge in [-0.05, 0) is 62.2 Å². The van der Waals surface area contributed by atoms with Crippen molar-refractivity contribution in [3.05, 3.63) is 52.5 Å². The van der Waals surface area contributed by atoms with Crippen LogP contribution in [-0.2, 0) is 19.6 Å². The van der Waals surface area contributed by atoms with Gasteiger partial charge in [-0.1, -0.05) is 42.5 Å². The summed E-state index contributed by atoms with van der Waals surface area (Å²) in [7, 11) is -4.22. The molecule has 10 heteroatoms. The van der Waals surface area contributed by atoms with Crippen LogP contribution >= 0.6 is 23.2 Å². The van der Waals surface area contributed by atoms with Gasteiger partial charge in [0, 0.05) is 11.1 Å². The molecule has 0 bridgehead atoms. The third-order valence-electron chi connectivity index (χ3n) is 6.22. The Morgan fingerprint density at radius 3 is 2.35 bits per heavy atom. The molecule has 2 aliphatic rings. The number of ether oxygens (including phenoxy) is 1. The first-order chi connectivity index (χ1) is 16.2. The van der Waals surface area contributed by atoms with Gasteiger partial charge in [0.1, 0.15) is 16.7 Å². The topological polar surface area (TPSA) is 84.0 Å². The summed E-state index contributed by atoms with van der Waals surface area (Å²) >= 11 is 12.3. The fraction of sp³-hybridized carbons (Fsp3) is 0.417. The molecule has 2 amide bonds. The van der Waals surface area contributed by atoms with Crippen molar-refractivity contribution in [1.29, 1.82) is 0 Å². The molecule has 2 aromatic carbocycles. The number of sulfonamides is 1. The zero-order valence-electron chi connectivity index (χ0n) is 18.7. The summed E-state index contributed by atoms with van der Waals surface area (Å²) in [5, 5.41) is 0.238. The van der Waals surface area contributed by atoms with E-state index in [2.05, 4.69) is 0 Å². The van der Waals surface area contributed by atoms with Crippen LogP contribution < -0.4 is 9.64 Å². The van der Waals surface area contributed by atoms with E-state index in [1.165, 1.54) is 22.5 Å². The minimum atomic E-state index is -4.22. The van der Waals surface area contributed by atoms with Crippen molar-refractivity contribution in [3.8, 4) is 5.75 Å². The number of benzene rings is 2. The summed E-state index contributed by atoms with van der Waals surface area (Å²) in [6, 6.07) is 9.25. The van der Waals surface area contributed by atoms with Gasteiger partial charge in [-0.25, -0.2) is 13.3 Å². The van der Waals surface area contributed by atoms with Gasteiger partial charge in [0.2, 0.25) is 15.9 Å². The van der Waals surface area contributed by atoms with Crippen molar-refractivity contribution in [2.24, 2.45) is 0 Å². The van der Waals surface area contributed by atoms with Crippen LogP contribution in [0.2, 0.25) is 10.0 Å². The van der Waals surface area contributed by atoms with Crippen LogP contribution in [0.25, 0.3) is 0 Å². The molecular weight excluding hydrogens is 499 g/mol. The molecule has 0 N–H and O–H groups in total. The van der Waals surface area contributed by atoms with Gasteiger partial charge in [-0.15, -0.1) is 0 Å². The largest absolute Gasteiger partial charge is 0.494 e. The summed E-state index contributed by atoms with van der Waals surface area (Å²) in [5.74, 6) is -0.405. The Labute approximate surface area is 209 Å². The Morgan fingerprint density at radius 2 is 1.71 bits per heavy atom. The van der Waals surface area contributed by atoms with Gasteiger partial charge in [0.25, 0.3) is 5.91 Å². The lowest BCUT2D eigenvalue weighted by molar-refractivity contribution is -0.122. The predicted octanol–water partition coefficient (Wildman–Crippen LogP) is 5.05. The molecule has 1 saturated carbocycles. The van der Waals surface area contributed by atoms with Gasteiger partial charge in [-0.2, -0.15) is 4.31 Å². The third-order valence-corrected chi connectivity index (χ3v) is 8.90. The molecule has 34 heavy (non-hydrogen) atoms. The summed E-state index contributed by atoms with van der Waals surface area (Å²) in [5.41, 5.74) is 0.378. The Kier molecular flexibility index (Phi) is 7.52. The van der Waals surface area contributed by atoms with Crippen LogP contribution in [0.1, 0.15) is 45.4 Å². The Hall–Kier alpha value is -2.13. The molecule has 1 atom stereocenters. The van der Waals surface area contributed by atoms with E-state index < -0.39 is 33.9 Å². The number of carbonyl (C=O) groups is 2. The summed E-state index contributed by atoms with van der Waals surface area (Å²) in [6.45, 7) is 2.35. The van der Waals surface area contributed by atoms with Crippen LogP contribution in [0.15, 0.2) is 47.4 Å². The molecule has 1 heterocycles. The smallest absolute Gasteiger partial charge is 0.252 e. The van der Waals surface area contributed by atoms with Gasteiger partial charge < -0.3 is 4.74 Å². The molecule has 2 aromatic rings. The van der Waals surface area contributed by atoms with Crippen molar-refractivity contribution < 1.29 is 22.7 Å². The highest BCUT2D eigenvalue weighted by Crippen LogP contribution is 2.37. The number of hydrogen-bond donors (Lipinski definition) is 0. The maximum absolute atomic E-state index is 13.9. The number of amides is 2. The minimum absolute atomic E-state index is 0.0188. The van der Waals surface area contributed by atoms with Gasteiger partial charge >= 0.3 is 0 Å². The molecule has 0 aromatic heterocycles. The van der Waals surface area contributed by atoms with Crippen LogP contribution in [-0.4, -0.2) is 43.2 Å². The standard InChI is InChI=1S/C24H26Cl2N2O5S/c1-2-33-19-11-9-17(10-12-19)27-23(29)15-21(24(27)30)28(18-6-4-3-5-7-18)34(31,32)22-14-16(25)8-13-20(22)26/h8-14,18,21H,2-7,15H2,1H3. The van der Waals surface area contributed by atoms with Crippen LogP contribution in [0.5, 0.6) is 5.75 Å². The number of imide groups is 1. The van der Waals surface area contributed by atoms with Crippen LogP contribution in [0, 0.1) is 0 Å². The van der Waals surface area contributed by atoms with Crippen LogP contribution in [0.4, 0.5) is 5.69 Å². The Bertz CT molecular complexity index is 1180. The molecule has 1 aliphatic heterocycles. The second kappa shape index (κ2) is 10.2. The second-order valence-corrected chi connectivity index (χ2v) is 11.1. The average Bonchev–Trinajstić information content (AvgIpc) is 3.10. The highest BCUT2D eigenvalue weighted by Gasteiger charge is 2.49. The van der Waals surface area contributed by atoms with E-state index in [-0.39, 0.29) is 21.4 Å². The molecule has 182 valence electrons. The molecule has 2 fully saturated rings. The number of nitrogens with zero attached hydrogens (tertiary/aromatic N) is 2. The highest BCUT2D eigenvalue weighted by molar-refractivity contribution is 7.89. The summed E-state index contributed by atoms with van der Waals surface area (Å²) in [6.07, 6.45) is 3.67. The predicted molar refractivity (Wildman–Crippen MR) is 131 cm³/mol. The molecule has 1 saturated heterocycles. The first-order valence-electron chi connectivity index (χ1n) is 11.3. The number of halogens is 2. The molecule has 0 radical (unpaired) electrons. The van der Waals surface area contributed by atoms with Gasteiger partial charge in [-0.3, -0.25) is 9.59 Å². The zero-order chi connectivity index (χ0) is 24.5. The maximum atomic E-state index is 13.9. The third kappa shape index (κ3) is 4.82. The first kappa shape index (κ1) is 25.0. The fourth-order valence-corrected chi connectivity index (χ4v) is 7.25. The monoisotopic (exact) mass is 524 g/mol. The van der Waals surface area contributed by atoms with E-state index in [0.717, 1.165) is 24.2 Å². The van der Waals surface area contributed by atoms with Gasteiger partial charge in [0.05, 0.1) is 23.7 Å². The zero-order valence-corrected chi connectivity index (χ0v) is 21.1. The lowest BCUT2D eigenvalue weighted by Gasteiger charge is -2.36. The van der Waals surface area contributed by atoms with E-state index in [1.807, 2.05) is 6.92 Å². The lowest BCUT2D eigenvalue weighted by atomic mass is 9.94. The first-order valence-corrected chi connectivity index (χ1v) is 13.5. The fourth-order valence-electron chi connectivity index (χ4n) is 4.69. The van der Waals surface area contributed by atoms with E-state index >= 15 is 0 Å². The Balaban J connectivity index is 1.73. The maximum Gasteiger partial charge on any atom is 0.252 e. The molecule has 1 aliphatic carbocycles. The van der Waals surface area contributed by atoms with Crippen molar-refractivity contribution in [2.45, 2.75) is 62.4 Å².